The van der Waals surface area contributed by atoms with E-state index in [4.69, 9.17) is 0 Å². The number of rotatable bonds is 2. The lowest BCUT2D eigenvalue weighted by Gasteiger charge is -2.38. The zero-order valence-electron chi connectivity index (χ0n) is 11.3. The molecule has 1 aliphatic rings. The Bertz CT molecular complexity index is 848. The Morgan fingerprint density at radius 1 is 1.38 bits per heavy atom. The fraction of sp³-hybridized carbons (Fsp3) is 0.308. The minimum absolute atomic E-state index is 0.0213. The van der Waals surface area contributed by atoms with Crippen LogP contribution in [0.1, 0.15) is 27.1 Å². The van der Waals surface area contributed by atoms with E-state index in [-0.39, 0.29) is 17.4 Å². The number of aromatic amines is 3. The first kappa shape index (κ1) is 12.4. The third-order valence-electron chi connectivity index (χ3n) is 3.75. The van der Waals surface area contributed by atoms with Crippen molar-refractivity contribution in [1.29, 1.82) is 0 Å². The molecule has 1 fully saturated rings. The lowest BCUT2D eigenvalue weighted by atomic mass is 9.96. The number of nitrogens with one attached hydrogen (secondary N) is 3. The second kappa shape index (κ2) is 4.32. The van der Waals surface area contributed by atoms with E-state index in [0.29, 0.717) is 18.8 Å². The summed E-state index contributed by atoms with van der Waals surface area (Å²) in [5, 5.41) is 6.34. The number of carbonyl (C=O) groups is 1. The average Bonchev–Trinajstić information content (AvgIpc) is 3.01. The van der Waals surface area contributed by atoms with Gasteiger partial charge in [0.1, 0.15) is 16.0 Å². The number of amides is 1. The highest BCUT2D eigenvalue weighted by Gasteiger charge is 2.34. The van der Waals surface area contributed by atoms with Crippen LogP contribution in [-0.4, -0.2) is 44.1 Å². The molecule has 4 rings (SSSR count). The first-order valence-electron chi connectivity index (χ1n) is 6.63. The Hall–Kier alpha value is -2.35. The van der Waals surface area contributed by atoms with Crippen molar-refractivity contribution < 1.29 is 4.79 Å². The zero-order chi connectivity index (χ0) is 14.6. The maximum Gasteiger partial charge on any atom is 0.270 e. The van der Waals surface area contributed by atoms with Crippen molar-refractivity contribution >= 4 is 27.6 Å². The number of likely N-dealkylation sites (tertiary alicyclic amines) is 1. The molecule has 1 amide bonds. The highest BCUT2D eigenvalue weighted by Crippen LogP contribution is 2.28. The molecular formula is C13H13N5O2S. The first-order chi connectivity index (χ1) is 10.1. The lowest BCUT2D eigenvalue weighted by molar-refractivity contribution is 0.0593. The number of hydrogen-bond donors (Lipinski definition) is 3. The van der Waals surface area contributed by atoms with Crippen LogP contribution in [0, 0.1) is 6.92 Å². The Balaban J connectivity index is 1.49. The maximum atomic E-state index is 12.4. The van der Waals surface area contributed by atoms with Gasteiger partial charge in [0.2, 0.25) is 0 Å². The second-order valence-corrected chi connectivity index (χ2v) is 6.45. The molecule has 3 aromatic heterocycles. The van der Waals surface area contributed by atoms with E-state index in [2.05, 4.69) is 20.2 Å². The number of aromatic nitrogens is 4. The van der Waals surface area contributed by atoms with Crippen LogP contribution in [0.25, 0.3) is 10.3 Å². The summed E-state index contributed by atoms with van der Waals surface area (Å²) in [4.78, 5) is 33.6. The average molecular weight is 303 g/mol. The van der Waals surface area contributed by atoms with Gasteiger partial charge in [-0.1, -0.05) is 0 Å². The smallest absolute Gasteiger partial charge is 0.270 e. The third-order valence-corrected chi connectivity index (χ3v) is 4.65. The van der Waals surface area contributed by atoms with Gasteiger partial charge in [-0.05, 0) is 13.0 Å². The fourth-order valence-electron chi connectivity index (χ4n) is 2.62. The monoisotopic (exact) mass is 303 g/mol. The van der Waals surface area contributed by atoms with E-state index in [1.807, 2.05) is 6.92 Å². The number of nitrogens with zero attached hydrogens (tertiary/aromatic N) is 2. The molecule has 8 heteroatoms. The van der Waals surface area contributed by atoms with E-state index in [1.54, 1.807) is 28.4 Å². The van der Waals surface area contributed by atoms with Gasteiger partial charge in [0, 0.05) is 30.8 Å². The highest BCUT2D eigenvalue weighted by molar-refractivity contribution is 7.18. The maximum absolute atomic E-state index is 12.4. The van der Waals surface area contributed by atoms with Crippen molar-refractivity contribution in [3.8, 4) is 0 Å². The molecule has 3 aromatic rings. The van der Waals surface area contributed by atoms with Crippen LogP contribution in [0.4, 0.5) is 0 Å². The molecule has 1 aliphatic heterocycles. The van der Waals surface area contributed by atoms with E-state index in [1.165, 1.54) is 0 Å². The SMILES string of the molecule is Cc1nc2cc(C(=O)N3CC(c4cc(=O)[nH][nH]4)C3)[nH]c2s1. The Morgan fingerprint density at radius 3 is 2.86 bits per heavy atom. The Morgan fingerprint density at radius 2 is 2.19 bits per heavy atom. The number of fused-ring (bicyclic) bond motifs is 1. The van der Waals surface area contributed by atoms with Crippen molar-refractivity contribution in [3.05, 3.63) is 38.9 Å². The molecule has 0 saturated carbocycles. The van der Waals surface area contributed by atoms with Gasteiger partial charge in [0.25, 0.3) is 11.5 Å². The summed E-state index contributed by atoms with van der Waals surface area (Å²) >= 11 is 1.55. The van der Waals surface area contributed by atoms with Crippen LogP contribution in [-0.2, 0) is 0 Å². The predicted molar refractivity (Wildman–Crippen MR) is 78.8 cm³/mol. The fourth-order valence-corrected chi connectivity index (χ4v) is 3.43. The van der Waals surface area contributed by atoms with Crippen molar-refractivity contribution in [3.63, 3.8) is 0 Å². The molecule has 108 valence electrons. The lowest BCUT2D eigenvalue weighted by Crippen LogP contribution is -2.48. The van der Waals surface area contributed by atoms with E-state index in [0.717, 1.165) is 21.0 Å². The molecule has 0 bridgehead atoms. The van der Waals surface area contributed by atoms with Crippen molar-refractivity contribution in [2.24, 2.45) is 0 Å². The predicted octanol–water partition coefficient (Wildman–Crippen LogP) is 1.19. The molecule has 7 nitrogen and oxygen atoms in total. The van der Waals surface area contributed by atoms with Gasteiger partial charge in [0.15, 0.2) is 0 Å². The molecule has 0 unspecified atom stereocenters. The van der Waals surface area contributed by atoms with Gasteiger partial charge < -0.3 is 15.0 Å². The van der Waals surface area contributed by atoms with Gasteiger partial charge in [-0.2, -0.15) is 0 Å². The molecule has 0 aliphatic carbocycles. The summed E-state index contributed by atoms with van der Waals surface area (Å²) in [6.07, 6.45) is 0. The van der Waals surface area contributed by atoms with Gasteiger partial charge >= 0.3 is 0 Å². The summed E-state index contributed by atoms with van der Waals surface area (Å²) < 4.78 is 0. The first-order valence-corrected chi connectivity index (χ1v) is 7.45. The summed E-state index contributed by atoms with van der Waals surface area (Å²) in [6, 6.07) is 3.34. The molecule has 3 N–H and O–H groups in total. The van der Waals surface area contributed by atoms with Crippen molar-refractivity contribution in [1.82, 2.24) is 25.1 Å². The zero-order valence-corrected chi connectivity index (χ0v) is 12.1. The largest absolute Gasteiger partial charge is 0.341 e. The van der Waals surface area contributed by atoms with E-state index >= 15 is 0 Å². The van der Waals surface area contributed by atoms with Crippen LogP contribution >= 0.6 is 11.3 Å². The number of aryl methyl sites for hydroxylation is 1. The number of carbonyl (C=O) groups excluding carboxylic acids is 1. The van der Waals surface area contributed by atoms with Crippen LogP contribution < -0.4 is 5.56 Å². The normalized spacial score (nSPS) is 15.6. The Kier molecular flexibility index (Phi) is 2.55. The summed E-state index contributed by atoms with van der Waals surface area (Å²) in [7, 11) is 0. The Labute approximate surface area is 123 Å². The van der Waals surface area contributed by atoms with Crippen LogP contribution in [0.2, 0.25) is 0 Å². The molecule has 0 aromatic carbocycles. The van der Waals surface area contributed by atoms with Crippen molar-refractivity contribution in [2.45, 2.75) is 12.8 Å². The summed E-state index contributed by atoms with van der Waals surface area (Å²) in [6.45, 7) is 3.18. The molecule has 0 spiro atoms. The third kappa shape index (κ3) is 1.99. The number of thiazole rings is 1. The minimum atomic E-state index is -0.138. The quantitative estimate of drug-likeness (QED) is 0.663. The van der Waals surface area contributed by atoms with Gasteiger partial charge in [-0.15, -0.1) is 11.3 Å². The number of hydrogen-bond acceptors (Lipinski definition) is 4. The standard InChI is InChI=1S/C13H13N5O2S/c1-6-14-9-2-10(15-12(9)21-6)13(20)18-4-7(5-18)8-3-11(19)17-16-8/h2-3,7,15H,4-5H2,1H3,(H2,16,17,19). The van der Waals surface area contributed by atoms with Crippen LogP contribution in [0.15, 0.2) is 16.9 Å². The van der Waals surface area contributed by atoms with E-state index < -0.39 is 0 Å². The second-order valence-electron chi connectivity index (χ2n) is 5.25. The molecule has 1 saturated heterocycles. The topological polar surface area (TPSA) is 97.6 Å². The molecule has 0 radical (unpaired) electrons. The summed E-state index contributed by atoms with van der Waals surface area (Å²) in [5.74, 6) is 0.177. The minimum Gasteiger partial charge on any atom is -0.341 e. The highest BCUT2D eigenvalue weighted by atomic mass is 32.1. The van der Waals surface area contributed by atoms with Crippen LogP contribution in [0.3, 0.4) is 0 Å². The number of H-pyrrole nitrogens is 3. The van der Waals surface area contributed by atoms with E-state index in [9.17, 15) is 9.59 Å². The van der Waals surface area contributed by atoms with Crippen molar-refractivity contribution in [2.75, 3.05) is 13.1 Å². The molecule has 4 heterocycles. The van der Waals surface area contributed by atoms with Gasteiger partial charge in [-0.3, -0.25) is 14.7 Å². The van der Waals surface area contributed by atoms with Gasteiger partial charge in [0.05, 0.1) is 5.01 Å². The van der Waals surface area contributed by atoms with Gasteiger partial charge in [-0.25, -0.2) is 4.98 Å². The summed E-state index contributed by atoms with van der Waals surface area (Å²) in [5.41, 5.74) is 2.13. The van der Waals surface area contributed by atoms with Crippen LogP contribution in [0.5, 0.6) is 0 Å². The molecular weight excluding hydrogens is 290 g/mol. The molecule has 21 heavy (non-hydrogen) atoms. The molecule has 0 atom stereocenters.